The summed E-state index contributed by atoms with van der Waals surface area (Å²) in [4.78, 5) is 44.4. The minimum atomic E-state index is -0.861. The van der Waals surface area contributed by atoms with E-state index >= 15 is 0 Å². The third kappa shape index (κ3) is 5.32. The number of rotatable bonds is 9. The van der Waals surface area contributed by atoms with Gasteiger partial charge in [0.05, 0.1) is 34.4 Å². The van der Waals surface area contributed by atoms with Crippen LogP contribution >= 0.6 is 11.3 Å². The Morgan fingerprint density at radius 2 is 1.91 bits per heavy atom. The number of allylic oxidation sites excluding steroid dienone is 1. The molecule has 234 valence electrons. The first-order valence-corrected chi connectivity index (χ1v) is 15.7. The van der Waals surface area contributed by atoms with E-state index in [-0.39, 0.29) is 17.9 Å². The lowest BCUT2D eigenvalue weighted by molar-refractivity contribution is -0.385. The Labute approximate surface area is 267 Å². The normalized spacial score (nSPS) is 14.7. The number of furan rings is 1. The summed E-state index contributed by atoms with van der Waals surface area (Å²) in [7, 11) is 1.57. The van der Waals surface area contributed by atoms with Crippen molar-refractivity contribution in [3.8, 4) is 17.1 Å². The van der Waals surface area contributed by atoms with Gasteiger partial charge in [-0.3, -0.25) is 19.5 Å². The van der Waals surface area contributed by atoms with E-state index in [1.165, 1.54) is 17.4 Å². The number of hydrogen-bond donors (Lipinski definition) is 0. The zero-order valence-electron chi connectivity index (χ0n) is 25.7. The molecule has 0 radical (unpaired) electrons. The zero-order chi connectivity index (χ0) is 32.5. The number of nitro groups is 1. The second-order valence-electron chi connectivity index (χ2n) is 10.7. The molecule has 0 aliphatic carbocycles. The van der Waals surface area contributed by atoms with Gasteiger partial charge >= 0.3 is 5.97 Å². The van der Waals surface area contributed by atoms with Gasteiger partial charge in [0.25, 0.3) is 11.2 Å². The van der Waals surface area contributed by atoms with Crippen LogP contribution in [0.15, 0.2) is 92.2 Å². The van der Waals surface area contributed by atoms with Crippen molar-refractivity contribution in [3.63, 3.8) is 0 Å². The molecule has 0 amide bonds. The van der Waals surface area contributed by atoms with Gasteiger partial charge in [0, 0.05) is 28.8 Å². The first-order valence-electron chi connectivity index (χ1n) is 14.9. The van der Waals surface area contributed by atoms with Crippen molar-refractivity contribution in [1.29, 1.82) is 0 Å². The van der Waals surface area contributed by atoms with Crippen LogP contribution in [0.25, 0.3) is 28.2 Å². The molecule has 2 aromatic heterocycles. The molecule has 0 bridgehead atoms. The molecule has 0 saturated heterocycles. The highest BCUT2D eigenvalue weighted by molar-refractivity contribution is 7.07. The number of nitro benzene ring substituents is 1. The fourth-order valence-electron chi connectivity index (χ4n) is 5.92. The number of ether oxygens (including phenoxy) is 2. The topological polar surface area (TPSA) is 126 Å². The molecule has 5 aromatic rings. The molecular formula is C35H31N3O7S. The lowest BCUT2D eigenvalue weighted by Gasteiger charge is -2.28. The summed E-state index contributed by atoms with van der Waals surface area (Å²) in [5.74, 6) is 0.824. The fourth-order valence-corrected chi connectivity index (χ4v) is 6.92. The van der Waals surface area contributed by atoms with Crippen molar-refractivity contribution in [2.24, 2.45) is 4.99 Å². The molecule has 1 aliphatic rings. The summed E-state index contributed by atoms with van der Waals surface area (Å²) in [6, 6.07) is 18.9. The van der Waals surface area contributed by atoms with Crippen molar-refractivity contribution in [2.75, 3.05) is 13.7 Å². The molecule has 0 spiro atoms. The van der Waals surface area contributed by atoms with E-state index in [1.807, 2.05) is 43.3 Å². The summed E-state index contributed by atoms with van der Waals surface area (Å²) in [5.41, 5.74) is 2.24. The average Bonchev–Trinajstić information content (AvgIpc) is 3.63. The van der Waals surface area contributed by atoms with E-state index in [0.717, 1.165) is 17.2 Å². The SMILES string of the molecule is CCCC1=C(C(=O)OCC)[C@@H](c2c(OC)ccc3ccccc23)n2c(s/c(=C\c3ccc(-c4cccc([N+](=O)[O-])c4C)o3)c2=O)=N1. The number of carbonyl (C=O) groups is 1. The molecule has 0 saturated carbocycles. The maximum absolute atomic E-state index is 14.3. The van der Waals surface area contributed by atoms with E-state index < -0.39 is 16.9 Å². The summed E-state index contributed by atoms with van der Waals surface area (Å²) in [5, 5.41) is 13.2. The zero-order valence-corrected chi connectivity index (χ0v) is 26.6. The molecule has 6 rings (SSSR count). The summed E-state index contributed by atoms with van der Waals surface area (Å²) in [6.07, 6.45) is 2.86. The van der Waals surface area contributed by atoms with E-state index in [4.69, 9.17) is 18.9 Å². The van der Waals surface area contributed by atoms with Crippen LogP contribution < -0.4 is 19.6 Å². The molecule has 10 nitrogen and oxygen atoms in total. The molecule has 0 N–H and O–H groups in total. The Morgan fingerprint density at radius 3 is 2.65 bits per heavy atom. The molecule has 11 heteroatoms. The van der Waals surface area contributed by atoms with Crippen molar-refractivity contribution in [1.82, 2.24) is 4.57 Å². The first kappa shape index (κ1) is 30.7. The molecule has 1 aliphatic heterocycles. The van der Waals surface area contributed by atoms with Gasteiger partial charge in [0.15, 0.2) is 4.80 Å². The predicted octanol–water partition coefficient (Wildman–Crippen LogP) is 6.22. The fraction of sp³-hybridized carbons (Fsp3) is 0.229. The highest BCUT2D eigenvalue weighted by Crippen LogP contribution is 2.41. The standard InChI is InChI=1S/C35H31N3O7S/c1-5-10-25-31(34(40)44-6-2)32(30-24-12-8-7-11-21(24)15-17-28(30)43-4)37-33(39)29(46-35(37)36-25)19-22-16-18-27(45-22)23-13-9-14-26(20(23)3)38(41)42/h7-9,11-19,32H,5-6,10H2,1-4H3/b29-19-/t32-/m1/s1. The van der Waals surface area contributed by atoms with Gasteiger partial charge in [0.1, 0.15) is 23.3 Å². The van der Waals surface area contributed by atoms with Gasteiger partial charge in [-0.1, -0.05) is 67.1 Å². The lowest BCUT2D eigenvalue weighted by Crippen LogP contribution is -2.40. The molecule has 3 aromatic carbocycles. The Balaban J connectivity index is 1.58. The minimum Gasteiger partial charge on any atom is -0.496 e. The smallest absolute Gasteiger partial charge is 0.338 e. The van der Waals surface area contributed by atoms with Crippen molar-refractivity contribution in [2.45, 2.75) is 39.7 Å². The summed E-state index contributed by atoms with van der Waals surface area (Å²) >= 11 is 1.20. The summed E-state index contributed by atoms with van der Waals surface area (Å²) in [6.45, 7) is 5.58. The van der Waals surface area contributed by atoms with Crippen LogP contribution in [0, 0.1) is 17.0 Å². The van der Waals surface area contributed by atoms with Crippen molar-refractivity contribution < 1.29 is 23.6 Å². The number of benzene rings is 3. The van der Waals surface area contributed by atoms with Gasteiger partial charge < -0.3 is 13.9 Å². The Hall–Kier alpha value is -5.29. The average molecular weight is 638 g/mol. The number of aromatic nitrogens is 1. The monoisotopic (exact) mass is 637 g/mol. The third-order valence-electron chi connectivity index (χ3n) is 7.98. The Kier molecular flexibility index (Phi) is 8.42. The number of nitrogens with zero attached hydrogens (tertiary/aromatic N) is 3. The van der Waals surface area contributed by atoms with Crippen molar-refractivity contribution in [3.05, 3.63) is 125 Å². The van der Waals surface area contributed by atoms with E-state index in [0.29, 0.717) is 61.0 Å². The number of hydrogen-bond acceptors (Lipinski definition) is 9. The quantitative estimate of drug-likeness (QED) is 0.107. The molecule has 1 atom stereocenters. The van der Waals surface area contributed by atoms with Crippen LogP contribution in [-0.2, 0) is 9.53 Å². The van der Waals surface area contributed by atoms with Crippen LogP contribution in [0.3, 0.4) is 0 Å². The Morgan fingerprint density at radius 1 is 1.11 bits per heavy atom. The number of thiazole rings is 1. The summed E-state index contributed by atoms with van der Waals surface area (Å²) < 4.78 is 19.4. The van der Waals surface area contributed by atoms with Crippen LogP contribution in [0.2, 0.25) is 0 Å². The Bertz CT molecular complexity index is 2220. The van der Waals surface area contributed by atoms with Crippen LogP contribution in [0.5, 0.6) is 5.75 Å². The highest BCUT2D eigenvalue weighted by atomic mass is 32.1. The lowest BCUT2D eigenvalue weighted by atomic mass is 9.90. The number of carbonyl (C=O) groups excluding carboxylic acids is 1. The van der Waals surface area contributed by atoms with Gasteiger partial charge in [-0.2, -0.15) is 0 Å². The first-order chi connectivity index (χ1) is 22.3. The van der Waals surface area contributed by atoms with Gasteiger partial charge in [-0.05, 0) is 49.2 Å². The maximum atomic E-state index is 14.3. The second kappa shape index (κ2) is 12.6. The van der Waals surface area contributed by atoms with E-state index in [2.05, 4.69) is 0 Å². The largest absolute Gasteiger partial charge is 0.496 e. The number of esters is 1. The van der Waals surface area contributed by atoms with Crippen LogP contribution in [0.4, 0.5) is 5.69 Å². The minimum absolute atomic E-state index is 0.00656. The number of methoxy groups -OCH3 is 1. The molecule has 3 heterocycles. The van der Waals surface area contributed by atoms with Gasteiger partial charge in [-0.25, -0.2) is 9.79 Å². The third-order valence-corrected chi connectivity index (χ3v) is 8.97. The van der Waals surface area contributed by atoms with E-state index in [9.17, 15) is 19.7 Å². The molecule has 46 heavy (non-hydrogen) atoms. The molecule has 0 unspecified atom stereocenters. The van der Waals surface area contributed by atoms with Crippen LogP contribution in [-0.4, -0.2) is 29.2 Å². The maximum Gasteiger partial charge on any atom is 0.338 e. The van der Waals surface area contributed by atoms with Crippen molar-refractivity contribution >= 4 is 39.8 Å². The predicted molar refractivity (Wildman–Crippen MR) is 176 cm³/mol. The van der Waals surface area contributed by atoms with Crippen LogP contribution in [0.1, 0.15) is 49.6 Å². The molecule has 0 fully saturated rings. The highest BCUT2D eigenvalue weighted by Gasteiger charge is 2.37. The number of fused-ring (bicyclic) bond motifs is 2. The van der Waals surface area contributed by atoms with Gasteiger partial charge in [0.2, 0.25) is 0 Å². The molecular weight excluding hydrogens is 606 g/mol. The van der Waals surface area contributed by atoms with Gasteiger partial charge in [-0.15, -0.1) is 0 Å². The van der Waals surface area contributed by atoms with E-state index in [1.54, 1.807) is 55.9 Å². The second-order valence-corrected chi connectivity index (χ2v) is 11.7.